The second-order valence-electron chi connectivity index (χ2n) is 5.30. The molecule has 0 amide bonds. The molecule has 2 aromatic rings. The quantitative estimate of drug-likeness (QED) is 0.926. The van der Waals surface area contributed by atoms with Crippen LogP contribution >= 0.6 is 0 Å². The first-order chi connectivity index (χ1) is 9.79. The SMILES string of the molecule is CCN(Cc1ccccn1)C1Cc2ccccc2C1O. The third-order valence-corrected chi connectivity index (χ3v) is 4.13. The van der Waals surface area contributed by atoms with Crippen molar-refractivity contribution in [1.82, 2.24) is 9.88 Å². The summed E-state index contributed by atoms with van der Waals surface area (Å²) in [5.74, 6) is 0. The van der Waals surface area contributed by atoms with Crippen LogP contribution in [0.15, 0.2) is 48.7 Å². The third kappa shape index (κ3) is 2.47. The van der Waals surface area contributed by atoms with E-state index in [0.29, 0.717) is 0 Å². The lowest BCUT2D eigenvalue weighted by Crippen LogP contribution is -2.37. The maximum atomic E-state index is 10.6. The van der Waals surface area contributed by atoms with E-state index >= 15 is 0 Å². The number of benzene rings is 1. The van der Waals surface area contributed by atoms with E-state index < -0.39 is 6.10 Å². The normalized spacial score (nSPS) is 21.1. The van der Waals surface area contributed by atoms with Crippen molar-refractivity contribution in [2.45, 2.75) is 32.0 Å². The number of rotatable bonds is 4. The van der Waals surface area contributed by atoms with Gasteiger partial charge in [-0.25, -0.2) is 0 Å². The van der Waals surface area contributed by atoms with Crippen LogP contribution in [0.3, 0.4) is 0 Å². The summed E-state index contributed by atoms with van der Waals surface area (Å²) in [5, 5.41) is 10.6. The van der Waals surface area contributed by atoms with E-state index in [0.717, 1.165) is 30.8 Å². The van der Waals surface area contributed by atoms with Crippen molar-refractivity contribution < 1.29 is 5.11 Å². The molecule has 2 unspecified atom stereocenters. The summed E-state index contributed by atoms with van der Waals surface area (Å²) >= 11 is 0. The summed E-state index contributed by atoms with van der Waals surface area (Å²) in [6.45, 7) is 3.83. The molecule has 20 heavy (non-hydrogen) atoms. The van der Waals surface area contributed by atoms with Gasteiger partial charge in [0.25, 0.3) is 0 Å². The number of aromatic nitrogens is 1. The van der Waals surface area contributed by atoms with Crippen molar-refractivity contribution in [3.8, 4) is 0 Å². The number of hydrogen-bond acceptors (Lipinski definition) is 3. The highest BCUT2D eigenvalue weighted by atomic mass is 16.3. The van der Waals surface area contributed by atoms with Crippen LogP contribution in [0.25, 0.3) is 0 Å². The van der Waals surface area contributed by atoms with Gasteiger partial charge in [0.1, 0.15) is 0 Å². The highest BCUT2D eigenvalue weighted by Gasteiger charge is 2.34. The Morgan fingerprint density at radius 2 is 2.00 bits per heavy atom. The Bertz CT molecular complexity index is 570. The van der Waals surface area contributed by atoms with Gasteiger partial charge in [0.2, 0.25) is 0 Å². The first kappa shape index (κ1) is 13.3. The lowest BCUT2D eigenvalue weighted by molar-refractivity contribution is 0.0584. The van der Waals surface area contributed by atoms with Gasteiger partial charge in [-0.15, -0.1) is 0 Å². The average Bonchev–Trinajstić information content (AvgIpc) is 2.83. The Balaban J connectivity index is 1.78. The summed E-state index contributed by atoms with van der Waals surface area (Å²) in [4.78, 5) is 6.70. The molecule has 0 saturated heterocycles. The van der Waals surface area contributed by atoms with Gasteiger partial charge in [0.15, 0.2) is 0 Å². The van der Waals surface area contributed by atoms with Gasteiger partial charge >= 0.3 is 0 Å². The fourth-order valence-corrected chi connectivity index (χ4v) is 3.04. The Kier molecular flexibility index (Phi) is 3.81. The Labute approximate surface area is 119 Å². The predicted octanol–water partition coefficient (Wildman–Crippen LogP) is 2.56. The first-order valence-electron chi connectivity index (χ1n) is 7.19. The molecular weight excluding hydrogens is 248 g/mol. The fourth-order valence-electron chi connectivity index (χ4n) is 3.04. The minimum absolute atomic E-state index is 0.152. The molecule has 0 fully saturated rings. The zero-order valence-electron chi connectivity index (χ0n) is 11.7. The van der Waals surface area contributed by atoms with Gasteiger partial charge in [-0.1, -0.05) is 37.3 Å². The largest absolute Gasteiger partial charge is 0.387 e. The van der Waals surface area contributed by atoms with Crippen molar-refractivity contribution in [2.24, 2.45) is 0 Å². The van der Waals surface area contributed by atoms with Crippen LogP contribution in [0.5, 0.6) is 0 Å². The number of hydrogen-bond donors (Lipinski definition) is 1. The fraction of sp³-hybridized carbons (Fsp3) is 0.353. The van der Waals surface area contributed by atoms with Gasteiger partial charge in [-0.3, -0.25) is 9.88 Å². The maximum Gasteiger partial charge on any atom is 0.0951 e. The van der Waals surface area contributed by atoms with E-state index in [1.165, 1.54) is 5.56 Å². The van der Waals surface area contributed by atoms with Crippen LogP contribution in [0.2, 0.25) is 0 Å². The Morgan fingerprint density at radius 3 is 2.70 bits per heavy atom. The van der Waals surface area contributed by atoms with Crippen LogP contribution in [-0.2, 0) is 13.0 Å². The second kappa shape index (κ2) is 5.73. The van der Waals surface area contributed by atoms with Crippen molar-refractivity contribution >= 4 is 0 Å². The molecule has 1 aromatic carbocycles. The number of fused-ring (bicyclic) bond motifs is 1. The molecule has 0 bridgehead atoms. The van der Waals surface area contributed by atoms with Crippen LogP contribution in [-0.4, -0.2) is 27.6 Å². The number of nitrogens with zero attached hydrogens (tertiary/aromatic N) is 2. The van der Waals surface area contributed by atoms with Gasteiger partial charge in [0, 0.05) is 18.8 Å². The topological polar surface area (TPSA) is 36.4 Å². The van der Waals surface area contributed by atoms with Crippen LogP contribution in [0.1, 0.15) is 29.8 Å². The summed E-state index contributed by atoms with van der Waals surface area (Å²) in [6, 6.07) is 14.3. The standard InChI is InChI=1S/C17H20N2O/c1-2-19(12-14-8-5-6-10-18-14)16-11-13-7-3-4-9-15(13)17(16)20/h3-10,16-17,20H,2,11-12H2,1H3. The van der Waals surface area contributed by atoms with Crippen LogP contribution < -0.4 is 0 Å². The molecule has 3 nitrogen and oxygen atoms in total. The molecule has 1 N–H and O–H groups in total. The second-order valence-corrected chi connectivity index (χ2v) is 5.30. The van der Waals surface area contributed by atoms with Crippen LogP contribution in [0, 0.1) is 0 Å². The molecule has 3 heteroatoms. The smallest absolute Gasteiger partial charge is 0.0951 e. The molecular formula is C17H20N2O. The molecule has 0 aliphatic heterocycles. The number of aliphatic hydroxyl groups is 1. The molecule has 0 radical (unpaired) electrons. The number of likely N-dealkylation sites (N-methyl/N-ethyl adjacent to an activating group) is 1. The molecule has 0 saturated carbocycles. The molecule has 3 rings (SSSR count). The van der Waals surface area contributed by atoms with Crippen molar-refractivity contribution in [1.29, 1.82) is 0 Å². The van der Waals surface area contributed by atoms with Crippen molar-refractivity contribution in [3.63, 3.8) is 0 Å². The summed E-state index contributed by atoms with van der Waals surface area (Å²) < 4.78 is 0. The lowest BCUT2D eigenvalue weighted by Gasteiger charge is -2.29. The van der Waals surface area contributed by atoms with Crippen molar-refractivity contribution in [3.05, 3.63) is 65.5 Å². The number of aliphatic hydroxyl groups excluding tert-OH is 1. The monoisotopic (exact) mass is 268 g/mol. The number of pyridine rings is 1. The summed E-state index contributed by atoms with van der Waals surface area (Å²) in [7, 11) is 0. The van der Waals surface area contributed by atoms with E-state index in [1.54, 1.807) is 0 Å². The highest BCUT2D eigenvalue weighted by Crippen LogP contribution is 2.34. The van der Waals surface area contributed by atoms with Gasteiger partial charge in [-0.05, 0) is 36.2 Å². The van der Waals surface area contributed by atoms with E-state index in [2.05, 4.69) is 22.9 Å². The zero-order chi connectivity index (χ0) is 13.9. The van der Waals surface area contributed by atoms with Gasteiger partial charge in [0.05, 0.1) is 11.8 Å². The van der Waals surface area contributed by atoms with E-state index in [9.17, 15) is 5.11 Å². The predicted molar refractivity (Wildman–Crippen MR) is 79.2 cm³/mol. The van der Waals surface area contributed by atoms with E-state index in [-0.39, 0.29) is 6.04 Å². The molecule has 0 spiro atoms. The minimum atomic E-state index is -0.394. The van der Waals surface area contributed by atoms with Crippen molar-refractivity contribution in [2.75, 3.05) is 6.54 Å². The van der Waals surface area contributed by atoms with E-state index in [1.807, 2.05) is 42.6 Å². The average molecular weight is 268 g/mol. The molecule has 2 atom stereocenters. The summed E-state index contributed by atoms with van der Waals surface area (Å²) in [6.07, 6.45) is 2.34. The molecule has 1 aliphatic rings. The Hall–Kier alpha value is -1.71. The zero-order valence-corrected chi connectivity index (χ0v) is 11.7. The van der Waals surface area contributed by atoms with Gasteiger partial charge < -0.3 is 5.11 Å². The minimum Gasteiger partial charge on any atom is -0.387 e. The van der Waals surface area contributed by atoms with E-state index in [4.69, 9.17) is 0 Å². The highest BCUT2D eigenvalue weighted by molar-refractivity contribution is 5.36. The summed E-state index contributed by atoms with van der Waals surface area (Å²) in [5.41, 5.74) is 3.40. The maximum absolute atomic E-state index is 10.6. The Morgan fingerprint density at radius 1 is 1.20 bits per heavy atom. The first-order valence-corrected chi connectivity index (χ1v) is 7.19. The molecule has 1 aromatic heterocycles. The molecule has 104 valence electrons. The van der Waals surface area contributed by atoms with Gasteiger partial charge in [-0.2, -0.15) is 0 Å². The molecule has 1 aliphatic carbocycles. The lowest BCUT2D eigenvalue weighted by atomic mass is 10.1. The molecule has 1 heterocycles. The van der Waals surface area contributed by atoms with Crippen LogP contribution in [0.4, 0.5) is 0 Å². The third-order valence-electron chi connectivity index (χ3n) is 4.13.